The lowest BCUT2D eigenvalue weighted by Crippen LogP contribution is -2.57. The SMILES string of the molecule is CC[C@H](NC(=O)[C@@H]1CCOC1)C12CC3CC(CC(C3)C1)C2. The lowest BCUT2D eigenvalue weighted by atomic mass is 9.47. The van der Waals surface area contributed by atoms with Crippen molar-refractivity contribution in [1.29, 1.82) is 0 Å². The molecule has 5 rings (SSSR count). The first kappa shape index (κ1) is 14.0. The van der Waals surface area contributed by atoms with Crippen LogP contribution in [0.3, 0.4) is 0 Å². The highest BCUT2D eigenvalue weighted by atomic mass is 16.5. The smallest absolute Gasteiger partial charge is 0.225 e. The predicted octanol–water partition coefficient (Wildman–Crippen LogP) is 3.13. The van der Waals surface area contributed by atoms with Crippen molar-refractivity contribution in [3.8, 4) is 0 Å². The molecule has 5 aliphatic rings. The molecule has 1 saturated heterocycles. The molecule has 1 amide bonds. The first-order valence-electron chi connectivity index (χ1n) is 9.06. The summed E-state index contributed by atoms with van der Waals surface area (Å²) in [4.78, 5) is 12.5. The second-order valence-electron chi connectivity index (χ2n) is 8.31. The zero-order chi connectivity index (χ0) is 14.4. The summed E-state index contributed by atoms with van der Waals surface area (Å²) in [5.41, 5.74) is 0.429. The Morgan fingerprint density at radius 3 is 2.29 bits per heavy atom. The second kappa shape index (κ2) is 5.26. The first-order chi connectivity index (χ1) is 10.2. The van der Waals surface area contributed by atoms with Crippen LogP contribution in [-0.2, 0) is 9.53 Å². The third-order valence-electron chi connectivity index (χ3n) is 6.85. The number of ether oxygens (including phenoxy) is 1. The molecule has 0 radical (unpaired) electrons. The molecule has 118 valence electrons. The van der Waals surface area contributed by atoms with Crippen LogP contribution < -0.4 is 5.32 Å². The van der Waals surface area contributed by atoms with Gasteiger partial charge in [0.1, 0.15) is 0 Å². The molecule has 1 aliphatic heterocycles. The molecule has 3 nitrogen and oxygen atoms in total. The molecule has 0 aromatic heterocycles. The summed E-state index contributed by atoms with van der Waals surface area (Å²) in [6.45, 7) is 3.64. The molecule has 2 atom stereocenters. The average Bonchev–Trinajstić information content (AvgIpc) is 2.97. The van der Waals surface area contributed by atoms with Crippen LogP contribution in [0, 0.1) is 29.1 Å². The second-order valence-corrected chi connectivity index (χ2v) is 8.31. The minimum atomic E-state index is 0.105. The summed E-state index contributed by atoms with van der Waals surface area (Å²) < 4.78 is 5.38. The molecule has 4 aliphatic carbocycles. The fourth-order valence-electron chi connectivity index (χ4n) is 6.32. The van der Waals surface area contributed by atoms with Crippen LogP contribution in [0.15, 0.2) is 0 Å². The highest BCUT2D eigenvalue weighted by Gasteiger charge is 2.54. The van der Waals surface area contributed by atoms with Crippen LogP contribution >= 0.6 is 0 Å². The zero-order valence-corrected chi connectivity index (χ0v) is 13.3. The number of rotatable bonds is 4. The lowest BCUT2D eigenvalue weighted by molar-refractivity contribution is -0.130. The van der Waals surface area contributed by atoms with Gasteiger partial charge >= 0.3 is 0 Å². The average molecular weight is 291 g/mol. The molecule has 5 fully saturated rings. The van der Waals surface area contributed by atoms with E-state index in [1.165, 1.54) is 38.5 Å². The quantitative estimate of drug-likeness (QED) is 0.864. The van der Waals surface area contributed by atoms with Crippen LogP contribution in [0.1, 0.15) is 58.3 Å². The van der Waals surface area contributed by atoms with Gasteiger partial charge < -0.3 is 10.1 Å². The minimum absolute atomic E-state index is 0.105. The van der Waals surface area contributed by atoms with Crippen molar-refractivity contribution in [3.05, 3.63) is 0 Å². The molecule has 1 N–H and O–H groups in total. The number of amides is 1. The Morgan fingerprint density at radius 1 is 1.19 bits per heavy atom. The minimum Gasteiger partial charge on any atom is -0.381 e. The van der Waals surface area contributed by atoms with E-state index in [1.807, 2.05) is 0 Å². The molecule has 0 spiro atoms. The fraction of sp³-hybridized carbons (Fsp3) is 0.944. The van der Waals surface area contributed by atoms with E-state index < -0.39 is 0 Å². The van der Waals surface area contributed by atoms with Crippen molar-refractivity contribution in [1.82, 2.24) is 5.32 Å². The summed E-state index contributed by atoms with van der Waals surface area (Å²) in [6, 6.07) is 0.402. The van der Waals surface area contributed by atoms with Gasteiger partial charge in [0.05, 0.1) is 12.5 Å². The molecular formula is C18H29NO2. The van der Waals surface area contributed by atoms with Crippen LogP contribution in [0.5, 0.6) is 0 Å². The monoisotopic (exact) mass is 291 g/mol. The van der Waals surface area contributed by atoms with E-state index in [4.69, 9.17) is 4.74 Å². The van der Waals surface area contributed by atoms with E-state index in [1.54, 1.807) is 0 Å². The van der Waals surface area contributed by atoms with E-state index in [2.05, 4.69) is 12.2 Å². The van der Waals surface area contributed by atoms with E-state index in [-0.39, 0.29) is 11.8 Å². The number of hydrogen-bond donors (Lipinski definition) is 1. The highest BCUT2D eigenvalue weighted by Crippen LogP contribution is 2.61. The molecule has 21 heavy (non-hydrogen) atoms. The van der Waals surface area contributed by atoms with Crippen LogP contribution in [0.2, 0.25) is 0 Å². The third-order valence-corrected chi connectivity index (χ3v) is 6.85. The first-order valence-corrected chi connectivity index (χ1v) is 9.06. The molecule has 4 bridgehead atoms. The predicted molar refractivity (Wildman–Crippen MR) is 81.8 cm³/mol. The fourth-order valence-corrected chi connectivity index (χ4v) is 6.32. The molecule has 4 saturated carbocycles. The lowest BCUT2D eigenvalue weighted by Gasteiger charge is -2.59. The van der Waals surface area contributed by atoms with E-state index in [0.717, 1.165) is 37.2 Å². The van der Waals surface area contributed by atoms with Gasteiger partial charge in [-0.25, -0.2) is 0 Å². The van der Waals surface area contributed by atoms with Crippen LogP contribution in [0.4, 0.5) is 0 Å². The number of nitrogens with one attached hydrogen (secondary N) is 1. The maximum Gasteiger partial charge on any atom is 0.225 e. The summed E-state index contributed by atoms with van der Waals surface area (Å²) in [5.74, 6) is 3.23. The maximum absolute atomic E-state index is 12.5. The van der Waals surface area contributed by atoms with Gasteiger partial charge in [0, 0.05) is 12.6 Å². The Balaban J connectivity index is 1.48. The van der Waals surface area contributed by atoms with Gasteiger partial charge in [0.15, 0.2) is 0 Å². The van der Waals surface area contributed by atoms with Crippen molar-refractivity contribution in [3.63, 3.8) is 0 Å². The highest BCUT2D eigenvalue weighted by molar-refractivity contribution is 5.79. The van der Waals surface area contributed by atoms with Crippen molar-refractivity contribution in [2.24, 2.45) is 29.1 Å². The van der Waals surface area contributed by atoms with Crippen molar-refractivity contribution >= 4 is 5.91 Å². The Hall–Kier alpha value is -0.570. The summed E-state index contributed by atoms with van der Waals surface area (Å²) in [7, 11) is 0. The van der Waals surface area contributed by atoms with Gasteiger partial charge in [-0.1, -0.05) is 6.92 Å². The van der Waals surface area contributed by atoms with Gasteiger partial charge in [-0.2, -0.15) is 0 Å². The molecule has 1 heterocycles. The van der Waals surface area contributed by atoms with Crippen LogP contribution in [-0.4, -0.2) is 25.2 Å². The number of hydrogen-bond acceptors (Lipinski definition) is 2. The van der Waals surface area contributed by atoms with Gasteiger partial charge in [-0.3, -0.25) is 4.79 Å². The zero-order valence-electron chi connectivity index (χ0n) is 13.3. The van der Waals surface area contributed by atoms with E-state index in [9.17, 15) is 4.79 Å². The molecule has 0 aromatic rings. The normalized spacial score (nSPS) is 45.8. The Morgan fingerprint density at radius 2 is 1.81 bits per heavy atom. The Labute approximate surface area is 128 Å². The Kier molecular flexibility index (Phi) is 3.52. The number of carbonyl (C=O) groups excluding carboxylic acids is 1. The third kappa shape index (κ3) is 2.42. The molecule has 0 aromatic carbocycles. The van der Waals surface area contributed by atoms with Gasteiger partial charge in [-0.15, -0.1) is 0 Å². The van der Waals surface area contributed by atoms with Gasteiger partial charge in [-0.05, 0) is 74.5 Å². The standard InChI is InChI=1S/C18H29NO2/c1-2-16(19-17(20)15-3-4-21-11-15)18-8-12-5-13(9-18)7-14(6-12)10-18/h12-16H,2-11H2,1H3,(H,19,20)/t12?,13?,14?,15-,16+,18?/m1/s1. The molecule has 3 heteroatoms. The Bertz CT molecular complexity index is 378. The van der Waals surface area contributed by atoms with Crippen molar-refractivity contribution in [2.45, 2.75) is 64.3 Å². The van der Waals surface area contributed by atoms with E-state index in [0.29, 0.717) is 18.1 Å². The topological polar surface area (TPSA) is 38.3 Å². The van der Waals surface area contributed by atoms with Crippen LogP contribution in [0.25, 0.3) is 0 Å². The van der Waals surface area contributed by atoms with Crippen molar-refractivity contribution in [2.75, 3.05) is 13.2 Å². The molecule has 0 unspecified atom stereocenters. The molecular weight excluding hydrogens is 262 g/mol. The van der Waals surface area contributed by atoms with E-state index >= 15 is 0 Å². The van der Waals surface area contributed by atoms with Gasteiger partial charge in [0.2, 0.25) is 5.91 Å². The largest absolute Gasteiger partial charge is 0.381 e. The van der Waals surface area contributed by atoms with Gasteiger partial charge in [0.25, 0.3) is 0 Å². The summed E-state index contributed by atoms with van der Waals surface area (Å²) in [5, 5.41) is 3.45. The maximum atomic E-state index is 12.5. The van der Waals surface area contributed by atoms with Crippen molar-refractivity contribution < 1.29 is 9.53 Å². The summed E-state index contributed by atoms with van der Waals surface area (Å²) in [6.07, 6.45) is 10.5. The summed E-state index contributed by atoms with van der Waals surface area (Å²) >= 11 is 0. The number of carbonyl (C=O) groups is 1.